The summed E-state index contributed by atoms with van der Waals surface area (Å²) in [5.41, 5.74) is 24.6. The average Bonchev–Trinajstić information content (AvgIpc) is 3.38. The van der Waals surface area contributed by atoms with Gasteiger partial charge in [-0.3, -0.25) is 4.79 Å². The summed E-state index contributed by atoms with van der Waals surface area (Å²) >= 11 is 0. The Labute approximate surface area is 538 Å². The van der Waals surface area contributed by atoms with Gasteiger partial charge in [-0.2, -0.15) is 0 Å². The molecule has 0 amide bonds. The van der Waals surface area contributed by atoms with E-state index >= 15 is 0 Å². The van der Waals surface area contributed by atoms with Crippen molar-refractivity contribution in [2.24, 2.45) is 5.92 Å². The van der Waals surface area contributed by atoms with Crippen molar-refractivity contribution in [3.8, 4) is 0 Å². The lowest BCUT2D eigenvalue weighted by Crippen LogP contribution is -2.18. The van der Waals surface area contributed by atoms with Crippen molar-refractivity contribution in [2.75, 3.05) is 26.9 Å². The number of benzene rings is 8. The van der Waals surface area contributed by atoms with Crippen molar-refractivity contribution in [1.29, 1.82) is 0 Å². The summed E-state index contributed by atoms with van der Waals surface area (Å²) in [4.78, 5) is 10.9. The maximum absolute atomic E-state index is 10.9. The molecule has 0 aromatic heterocycles. The average molecular weight is 1190 g/mol. The Morgan fingerprint density at radius 3 is 1.14 bits per heavy atom. The highest BCUT2D eigenvalue weighted by molar-refractivity contribution is 5.71. The molecule has 0 saturated heterocycles. The summed E-state index contributed by atoms with van der Waals surface area (Å²) in [6.07, 6.45) is 10.3. The molecule has 0 fully saturated rings. The Balaban J connectivity index is 0.000000359. The number of carbonyl (C=O) groups is 1. The van der Waals surface area contributed by atoms with Crippen LogP contribution in [0, 0.1) is 75.2 Å². The van der Waals surface area contributed by atoms with Crippen LogP contribution in [0.25, 0.3) is 0 Å². The van der Waals surface area contributed by atoms with Crippen LogP contribution >= 0.6 is 0 Å². The molecule has 8 aromatic carbocycles. The Hall–Kier alpha value is -6.85. The van der Waals surface area contributed by atoms with Gasteiger partial charge < -0.3 is 14.2 Å². The van der Waals surface area contributed by atoms with Gasteiger partial charge in [-0.1, -0.05) is 271 Å². The molecule has 0 bridgehead atoms. The van der Waals surface area contributed by atoms with Gasteiger partial charge in [-0.05, 0) is 201 Å². The van der Waals surface area contributed by atoms with Gasteiger partial charge >= 0.3 is 5.97 Å². The number of hydrogen-bond acceptors (Lipinski definition) is 4. The van der Waals surface area contributed by atoms with Gasteiger partial charge in [0.05, 0.1) is 19.1 Å². The monoisotopic (exact) mass is 1190 g/mol. The van der Waals surface area contributed by atoms with Gasteiger partial charge in [-0.25, -0.2) is 0 Å². The molecule has 0 aliphatic carbocycles. The van der Waals surface area contributed by atoms with Crippen LogP contribution in [0.1, 0.15) is 201 Å². The lowest BCUT2D eigenvalue weighted by Gasteiger charge is -2.26. The van der Waals surface area contributed by atoms with Crippen molar-refractivity contribution in [1.82, 2.24) is 0 Å². The fourth-order valence-corrected chi connectivity index (χ4v) is 9.26. The van der Waals surface area contributed by atoms with E-state index in [4.69, 9.17) is 9.47 Å². The SMILES string of the molecule is CCCCCC(C)C(=O)OC.CCCOCC.CCOC(C)CC.Cc1ccc(C(C)(C)c2ccc(C)cc2)cc1.Cc1ccc(Cc2ccc(C)c(C)c2)cc1C.Cc1ccc(Cc2ccc(C)cc2)cc1.Cc1ccc(Cc2ccccc2C)cc1. The Kier molecular flexibility index (Phi) is 38.4. The van der Waals surface area contributed by atoms with Crippen molar-refractivity contribution in [2.45, 2.75) is 201 Å². The van der Waals surface area contributed by atoms with Gasteiger partial charge in [-0.15, -0.1) is 0 Å². The molecular formula is C84H116O4. The number of hydrogen-bond donors (Lipinski definition) is 0. The molecule has 0 saturated carbocycles. The summed E-state index contributed by atoms with van der Waals surface area (Å²) < 4.78 is 14.8. The third kappa shape index (κ3) is 31.9. The molecule has 2 unspecified atom stereocenters. The number of esters is 1. The molecule has 4 nitrogen and oxygen atoms in total. The molecule has 88 heavy (non-hydrogen) atoms. The minimum Gasteiger partial charge on any atom is -0.469 e. The van der Waals surface area contributed by atoms with Crippen LogP contribution in [0.3, 0.4) is 0 Å². The number of methoxy groups -OCH3 is 1. The van der Waals surface area contributed by atoms with E-state index in [0.717, 1.165) is 64.8 Å². The fourth-order valence-electron chi connectivity index (χ4n) is 9.26. The van der Waals surface area contributed by atoms with Crippen molar-refractivity contribution < 1.29 is 19.0 Å². The Morgan fingerprint density at radius 2 is 0.807 bits per heavy atom. The fraction of sp³-hybridized carbons (Fsp3) is 0.417. The molecule has 8 rings (SSSR count). The van der Waals surface area contributed by atoms with E-state index < -0.39 is 0 Å². The normalized spacial score (nSPS) is 11.1. The number of ether oxygens (including phenoxy) is 3. The van der Waals surface area contributed by atoms with Crippen LogP contribution in [0.2, 0.25) is 0 Å². The van der Waals surface area contributed by atoms with E-state index in [9.17, 15) is 4.79 Å². The molecule has 0 aliphatic rings. The molecule has 2 atom stereocenters. The third-order valence-electron chi connectivity index (χ3n) is 15.9. The molecule has 0 spiro atoms. The maximum atomic E-state index is 10.9. The van der Waals surface area contributed by atoms with E-state index in [0.29, 0.717) is 6.10 Å². The predicted molar refractivity (Wildman–Crippen MR) is 383 cm³/mol. The zero-order valence-electron chi connectivity index (χ0n) is 58.6. The summed E-state index contributed by atoms with van der Waals surface area (Å²) in [6.45, 7) is 43.1. The van der Waals surface area contributed by atoms with E-state index in [2.05, 4.69) is 298 Å². The van der Waals surface area contributed by atoms with Crippen molar-refractivity contribution >= 4 is 5.97 Å². The van der Waals surface area contributed by atoms with Gasteiger partial charge in [0.25, 0.3) is 0 Å². The van der Waals surface area contributed by atoms with Crippen LogP contribution in [0.4, 0.5) is 0 Å². The number of carbonyl (C=O) groups excluding carboxylic acids is 1. The lowest BCUT2D eigenvalue weighted by atomic mass is 9.78. The molecule has 0 aliphatic heterocycles. The highest BCUT2D eigenvalue weighted by Crippen LogP contribution is 2.31. The molecular weight excluding hydrogens is 1070 g/mol. The summed E-state index contributed by atoms with van der Waals surface area (Å²) in [5, 5.41) is 0. The third-order valence-corrected chi connectivity index (χ3v) is 15.9. The van der Waals surface area contributed by atoms with E-state index in [1.54, 1.807) is 0 Å². The largest absolute Gasteiger partial charge is 0.469 e. The predicted octanol–water partition coefficient (Wildman–Crippen LogP) is 22.6. The first-order valence-electron chi connectivity index (χ1n) is 32.7. The minimum absolute atomic E-state index is 0.0708. The number of rotatable bonds is 19. The first-order chi connectivity index (χ1) is 42.0. The molecule has 0 N–H and O–H groups in total. The van der Waals surface area contributed by atoms with Crippen molar-refractivity contribution in [3.63, 3.8) is 0 Å². The van der Waals surface area contributed by atoms with Crippen LogP contribution in [-0.2, 0) is 43.7 Å². The second kappa shape index (κ2) is 43.7. The van der Waals surface area contributed by atoms with Crippen LogP contribution in [0.5, 0.6) is 0 Å². The molecule has 4 heteroatoms. The highest BCUT2D eigenvalue weighted by Gasteiger charge is 2.22. The highest BCUT2D eigenvalue weighted by atomic mass is 16.5. The first-order valence-corrected chi connectivity index (χ1v) is 32.7. The van der Waals surface area contributed by atoms with Crippen LogP contribution < -0.4 is 0 Å². The van der Waals surface area contributed by atoms with Crippen LogP contribution in [-0.4, -0.2) is 39.0 Å². The number of aryl methyl sites for hydroxylation is 10. The molecule has 8 aromatic rings. The Morgan fingerprint density at radius 1 is 0.420 bits per heavy atom. The summed E-state index contributed by atoms with van der Waals surface area (Å²) in [7, 11) is 1.44. The van der Waals surface area contributed by atoms with Crippen LogP contribution in [0.15, 0.2) is 182 Å². The zero-order chi connectivity index (χ0) is 65.4. The van der Waals surface area contributed by atoms with Gasteiger partial charge in [0, 0.05) is 25.2 Å². The quantitative estimate of drug-likeness (QED) is 0.0598. The lowest BCUT2D eigenvalue weighted by molar-refractivity contribution is -0.145. The van der Waals surface area contributed by atoms with Gasteiger partial charge in [0.2, 0.25) is 0 Å². The second-order valence-electron chi connectivity index (χ2n) is 24.4. The van der Waals surface area contributed by atoms with E-state index in [1.165, 1.54) is 120 Å². The Bertz CT molecular complexity index is 2950. The van der Waals surface area contributed by atoms with E-state index in [-0.39, 0.29) is 17.3 Å². The minimum atomic E-state index is -0.0823. The molecule has 476 valence electrons. The summed E-state index contributed by atoms with van der Waals surface area (Å²) in [5.74, 6) is -0.00680. The smallest absolute Gasteiger partial charge is 0.308 e. The second-order valence-corrected chi connectivity index (χ2v) is 24.4. The molecule has 0 heterocycles. The van der Waals surface area contributed by atoms with Gasteiger partial charge in [0.1, 0.15) is 0 Å². The topological polar surface area (TPSA) is 44.8 Å². The first kappa shape index (κ1) is 77.2. The summed E-state index contributed by atoms with van der Waals surface area (Å²) in [6, 6.07) is 66.0. The maximum Gasteiger partial charge on any atom is 0.308 e. The standard InChI is InChI=1S/2C17H20.2C15H16.C9H18O2.C6H14O.C5H12O/c1-13-5-9-15(10-6-13)17(3,4)16-11-7-14(2)8-12-16;1-12-5-7-16(9-14(12)3)11-17-8-6-13(2)15(4)10-17;1-12-3-7-14(8-4-12)11-15-9-5-13(2)6-10-15;1-12-7-9-14(10-8-12)11-15-6-4-3-5-13(15)2;1-4-5-6-7-8(2)9(10)11-3;1-4-6(3)7-5-2;1-3-5-6-4-2/h5-12H,1-4H3;5-10H,11H2,1-4H3;2*3-10H,11H2,1-2H3;8H,4-7H2,1-3H3;6H,4-5H2,1-3H3;3-5H2,1-2H3. The molecule has 0 radical (unpaired) electrons. The zero-order valence-corrected chi connectivity index (χ0v) is 58.6. The van der Waals surface area contributed by atoms with Crippen molar-refractivity contribution in [3.05, 3.63) is 282 Å². The van der Waals surface area contributed by atoms with E-state index in [1.807, 2.05) is 20.8 Å². The van der Waals surface area contributed by atoms with Gasteiger partial charge in [0.15, 0.2) is 0 Å². The number of unbranched alkanes of at least 4 members (excludes halogenated alkanes) is 2.